The van der Waals surface area contributed by atoms with Gasteiger partial charge in [-0.05, 0) is 43.2 Å². The van der Waals surface area contributed by atoms with Crippen LogP contribution in [0.15, 0.2) is 42.5 Å². The second-order valence-electron chi connectivity index (χ2n) is 6.55. The third kappa shape index (κ3) is 3.80. The Morgan fingerprint density at radius 3 is 2.44 bits per heavy atom. The molecule has 1 atom stereocenters. The number of phenols is 1. The van der Waals surface area contributed by atoms with Crippen molar-refractivity contribution in [2.24, 2.45) is 0 Å². The number of carbonyl (C=O) groups is 1. The molecule has 1 aliphatic rings. The number of amides is 1. The summed E-state index contributed by atoms with van der Waals surface area (Å²) in [5.41, 5.74) is 2.42. The number of nitrogens with zero attached hydrogens (tertiary/aromatic N) is 2. The minimum absolute atomic E-state index is 0.0527. The molecule has 1 amide bonds. The van der Waals surface area contributed by atoms with Gasteiger partial charge in [0, 0.05) is 37.2 Å². The maximum Gasteiger partial charge on any atom is 0.257 e. The monoisotopic (exact) mass is 358 g/mol. The quantitative estimate of drug-likeness (QED) is 0.905. The lowest BCUT2D eigenvalue weighted by atomic mass is 10.1. The summed E-state index contributed by atoms with van der Waals surface area (Å²) in [5.74, 6) is -0.0561. The lowest BCUT2D eigenvalue weighted by Crippen LogP contribution is -2.49. The van der Waals surface area contributed by atoms with Crippen molar-refractivity contribution in [3.63, 3.8) is 0 Å². The number of hydrogen-bond donors (Lipinski definition) is 1. The summed E-state index contributed by atoms with van der Waals surface area (Å²) in [4.78, 5) is 16.8. The highest BCUT2D eigenvalue weighted by molar-refractivity contribution is 6.31. The molecule has 2 aromatic rings. The van der Waals surface area contributed by atoms with Gasteiger partial charge in [0.25, 0.3) is 5.91 Å². The van der Waals surface area contributed by atoms with E-state index >= 15 is 0 Å². The fourth-order valence-corrected chi connectivity index (χ4v) is 3.61. The highest BCUT2D eigenvalue weighted by Crippen LogP contribution is 2.28. The van der Waals surface area contributed by atoms with Crippen LogP contribution >= 0.6 is 11.6 Å². The summed E-state index contributed by atoms with van der Waals surface area (Å²) < 4.78 is 0. The fourth-order valence-electron chi connectivity index (χ4n) is 3.32. The largest absolute Gasteiger partial charge is 0.507 e. The van der Waals surface area contributed by atoms with Crippen molar-refractivity contribution in [2.45, 2.75) is 19.9 Å². The van der Waals surface area contributed by atoms with E-state index in [-0.39, 0.29) is 17.7 Å². The van der Waals surface area contributed by atoms with E-state index in [1.54, 1.807) is 17.0 Å². The Morgan fingerprint density at radius 1 is 1.12 bits per heavy atom. The fraction of sp³-hybridized carbons (Fsp3) is 0.350. The minimum Gasteiger partial charge on any atom is -0.507 e. The molecule has 2 aromatic carbocycles. The first-order chi connectivity index (χ1) is 12.0. The van der Waals surface area contributed by atoms with E-state index in [9.17, 15) is 9.90 Å². The van der Waals surface area contributed by atoms with Gasteiger partial charge in [-0.15, -0.1) is 0 Å². The first-order valence-corrected chi connectivity index (χ1v) is 8.92. The van der Waals surface area contributed by atoms with Crippen LogP contribution in [0.1, 0.15) is 34.5 Å². The summed E-state index contributed by atoms with van der Waals surface area (Å²) in [6.07, 6.45) is 0. The molecule has 3 rings (SSSR count). The van der Waals surface area contributed by atoms with Crippen LogP contribution < -0.4 is 0 Å². The lowest BCUT2D eigenvalue weighted by Gasteiger charge is -2.38. The van der Waals surface area contributed by atoms with Crippen LogP contribution in [0.3, 0.4) is 0 Å². The number of benzene rings is 2. The number of piperazine rings is 1. The van der Waals surface area contributed by atoms with Gasteiger partial charge in [-0.1, -0.05) is 35.9 Å². The predicted octanol–water partition coefficient (Wildman–Crippen LogP) is 3.87. The number of phenolic OH excluding ortho intramolecular Hbond substituents is 1. The summed E-state index contributed by atoms with van der Waals surface area (Å²) in [5, 5.41) is 10.8. The van der Waals surface area contributed by atoms with Gasteiger partial charge < -0.3 is 10.0 Å². The van der Waals surface area contributed by atoms with Crippen LogP contribution in [0, 0.1) is 6.92 Å². The molecule has 0 bridgehead atoms. The van der Waals surface area contributed by atoms with Gasteiger partial charge in [0.1, 0.15) is 5.75 Å². The summed E-state index contributed by atoms with van der Waals surface area (Å²) in [7, 11) is 0. The first-order valence-electron chi connectivity index (χ1n) is 8.54. The lowest BCUT2D eigenvalue weighted by molar-refractivity contribution is 0.0579. The number of carbonyl (C=O) groups excluding carboxylic acids is 1. The molecule has 5 heteroatoms. The smallest absolute Gasteiger partial charge is 0.257 e. The highest BCUT2D eigenvalue weighted by atomic mass is 35.5. The van der Waals surface area contributed by atoms with Gasteiger partial charge >= 0.3 is 0 Å². The molecule has 1 aliphatic heterocycles. The zero-order chi connectivity index (χ0) is 18.0. The van der Waals surface area contributed by atoms with Crippen molar-refractivity contribution in [1.29, 1.82) is 0 Å². The summed E-state index contributed by atoms with van der Waals surface area (Å²) >= 11 is 6.31. The van der Waals surface area contributed by atoms with E-state index in [1.165, 1.54) is 0 Å². The van der Waals surface area contributed by atoms with Crippen molar-refractivity contribution in [3.8, 4) is 5.75 Å². The Bertz CT molecular complexity index is 770. The van der Waals surface area contributed by atoms with Crippen LogP contribution in [0.5, 0.6) is 5.75 Å². The van der Waals surface area contributed by atoms with E-state index in [4.69, 9.17) is 11.6 Å². The number of aryl methyl sites for hydroxylation is 1. The van der Waals surface area contributed by atoms with Crippen LogP contribution in [0.2, 0.25) is 5.02 Å². The van der Waals surface area contributed by atoms with Crippen LogP contribution in [-0.2, 0) is 0 Å². The van der Waals surface area contributed by atoms with E-state index in [2.05, 4.69) is 17.9 Å². The molecule has 1 fully saturated rings. The van der Waals surface area contributed by atoms with Crippen molar-refractivity contribution >= 4 is 17.5 Å². The van der Waals surface area contributed by atoms with Gasteiger partial charge in [0.2, 0.25) is 0 Å². The van der Waals surface area contributed by atoms with Gasteiger partial charge in [0.05, 0.1) is 5.56 Å². The average Bonchev–Trinajstić information content (AvgIpc) is 2.61. The SMILES string of the molecule is Cc1ccc(C(=O)N2CCN(C(C)c3ccccc3Cl)CC2)c(O)c1. The van der Waals surface area contributed by atoms with Gasteiger partial charge in [-0.25, -0.2) is 0 Å². The standard InChI is InChI=1S/C20H23ClN2O2/c1-14-7-8-17(19(24)13-14)20(25)23-11-9-22(10-12-23)15(2)16-5-3-4-6-18(16)21/h3-8,13,15,24H,9-12H2,1-2H3. The molecular weight excluding hydrogens is 336 g/mol. The van der Waals surface area contributed by atoms with E-state index < -0.39 is 0 Å². The molecule has 0 radical (unpaired) electrons. The Labute approximate surface area is 153 Å². The van der Waals surface area contributed by atoms with Crippen molar-refractivity contribution in [3.05, 3.63) is 64.2 Å². The summed E-state index contributed by atoms with van der Waals surface area (Å²) in [6.45, 7) is 6.88. The maximum absolute atomic E-state index is 12.7. The molecule has 4 nitrogen and oxygen atoms in total. The van der Waals surface area contributed by atoms with E-state index in [0.29, 0.717) is 18.7 Å². The second kappa shape index (κ2) is 7.46. The second-order valence-corrected chi connectivity index (χ2v) is 6.95. The number of aromatic hydroxyl groups is 1. The zero-order valence-electron chi connectivity index (χ0n) is 14.6. The third-order valence-electron chi connectivity index (χ3n) is 4.89. The van der Waals surface area contributed by atoms with Crippen LogP contribution in [-0.4, -0.2) is 47.0 Å². The molecule has 1 N–H and O–H groups in total. The molecule has 25 heavy (non-hydrogen) atoms. The molecule has 1 unspecified atom stereocenters. The molecule has 0 aromatic heterocycles. The summed E-state index contributed by atoms with van der Waals surface area (Å²) in [6, 6.07) is 13.3. The van der Waals surface area contributed by atoms with Crippen molar-refractivity contribution in [1.82, 2.24) is 9.80 Å². The number of hydrogen-bond acceptors (Lipinski definition) is 3. The Hall–Kier alpha value is -2.04. The zero-order valence-corrected chi connectivity index (χ0v) is 15.3. The molecule has 132 valence electrons. The topological polar surface area (TPSA) is 43.8 Å². The molecule has 0 spiro atoms. The maximum atomic E-state index is 12.7. The normalized spacial score (nSPS) is 16.7. The van der Waals surface area contributed by atoms with Gasteiger partial charge in [-0.2, -0.15) is 0 Å². The predicted molar refractivity (Wildman–Crippen MR) is 100 cm³/mol. The number of rotatable bonds is 3. The van der Waals surface area contributed by atoms with E-state index in [0.717, 1.165) is 29.2 Å². The molecule has 1 saturated heterocycles. The highest BCUT2D eigenvalue weighted by Gasteiger charge is 2.27. The van der Waals surface area contributed by atoms with Gasteiger partial charge in [-0.3, -0.25) is 9.69 Å². The molecule has 0 saturated carbocycles. The van der Waals surface area contributed by atoms with Crippen molar-refractivity contribution in [2.75, 3.05) is 26.2 Å². The van der Waals surface area contributed by atoms with Crippen LogP contribution in [0.25, 0.3) is 0 Å². The Kier molecular flexibility index (Phi) is 5.30. The van der Waals surface area contributed by atoms with E-state index in [1.807, 2.05) is 31.2 Å². The Balaban J connectivity index is 1.65. The Morgan fingerprint density at radius 2 is 1.80 bits per heavy atom. The van der Waals surface area contributed by atoms with Gasteiger partial charge in [0.15, 0.2) is 0 Å². The minimum atomic E-state index is -0.109. The molecular formula is C20H23ClN2O2. The first kappa shape index (κ1) is 17.8. The van der Waals surface area contributed by atoms with Crippen molar-refractivity contribution < 1.29 is 9.90 Å². The molecule has 1 heterocycles. The number of halogens is 1. The average molecular weight is 359 g/mol. The van der Waals surface area contributed by atoms with Crippen LogP contribution in [0.4, 0.5) is 0 Å². The molecule has 0 aliphatic carbocycles. The third-order valence-corrected chi connectivity index (χ3v) is 5.23.